The molecule has 0 saturated heterocycles. The minimum absolute atomic E-state index is 0.0833. The molecule has 0 aliphatic carbocycles. The van der Waals surface area contributed by atoms with E-state index in [-0.39, 0.29) is 13.0 Å². The van der Waals surface area contributed by atoms with Gasteiger partial charge in [-0.15, -0.1) is 0 Å². The monoisotopic (exact) mass is 432 g/mol. The van der Waals surface area contributed by atoms with Crippen LogP contribution in [0.25, 0.3) is 10.9 Å². The minimum Gasteiger partial charge on any atom is -0.455 e. The molecule has 166 valence electrons. The topological polar surface area (TPSA) is 101 Å². The van der Waals surface area contributed by atoms with Crippen molar-refractivity contribution < 1.29 is 14.3 Å². The van der Waals surface area contributed by atoms with E-state index in [4.69, 9.17) is 10.5 Å². The van der Waals surface area contributed by atoms with Crippen molar-refractivity contribution >= 4 is 34.2 Å². The summed E-state index contributed by atoms with van der Waals surface area (Å²) in [6, 6.07) is 17.2. The van der Waals surface area contributed by atoms with Crippen molar-refractivity contribution in [1.82, 2.24) is 9.88 Å². The van der Waals surface area contributed by atoms with E-state index in [2.05, 4.69) is 9.98 Å². The second-order valence-corrected chi connectivity index (χ2v) is 7.63. The third-order valence-corrected chi connectivity index (χ3v) is 5.18. The third kappa shape index (κ3) is 5.24. The van der Waals surface area contributed by atoms with E-state index in [0.717, 1.165) is 27.8 Å². The molecule has 0 spiro atoms. The van der Waals surface area contributed by atoms with Crippen molar-refractivity contribution in [3.63, 3.8) is 0 Å². The number of benzene rings is 2. The van der Waals surface area contributed by atoms with E-state index in [1.165, 1.54) is 4.90 Å². The van der Waals surface area contributed by atoms with Crippen molar-refractivity contribution in [3.05, 3.63) is 77.2 Å². The molecule has 0 radical (unpaired) electrons. The van der Waals surface area contributed by atoms with Crippen LogP contribution < -0.4 is 5.73 Å². The van der Waals surface area contributed by atoms with Crippen molar-refractivity contribution in [2.75, 3.05) is 13.7 Å². The highest BCUT2D eigenvalue weighted by Gasteiger charge is 2.20. The van der Waals surface area contributed by atoms with Gasteiger partial charge in [0.15, 0.2) is 6.61 Å². The smallest absolute Gasteiger partial charge is 0.310 e. The van der Waals surface area contributed by atoms with Gasteiger partial charge in [0.2, 0.25) is 0 Å². The normalized spacial score (nSPS) is 12.4. The van der Waals surface area contributed by atoms with E-state index < -0.39 is 11.9 Å². The van der Waals surface area contributed by atoms with Crippen molar-refractivity contribution in [3.8, 4) is 0 Å². The first-order chi connectivity index (χ1) is 15.3. The molecule has 3 rings (SSSR count). The molecule has 3 aromatic rings. The Morgan fingerprint density at radius 1 is 1.06 bits per heavy atom. The zero-order valence-electron chi connectivity index (χ0n) is 18.8. The van der Waals surface area contributed by atoms with Gasteiger partial charge in [0, 0.05) is 29.3 Å². The summed E-state index contributed by atoms with van der Waals surface area (Å²) in [5, 5.41) is 0.974. The molecule has 0 atom stereocenters. The number of para-hydroxylation sites is 2. The maximum absolute atomic E-state index is 12.7. The average molecular weight is 433 g/mol. The van der Waals surface area contributed by atoms with Crippen molar-refractivity contribution in [1.29, 1.82) is 0 Å². The summed E-state index contributed by atoms with van der Waals surface area (Å²) in [5.74, 6) is -0.860. The predicted octanol–water partition coefficient (Wildman–Crippen LogP) is 4.00. The first-order valence-electron chi connectivity index (χ1n) is 10.3. The number of likely N-dealkylation sites (N-methyl/N-ethyl adjacent to an activating group) is 1. The summed E-state index contributed by atoms with van der Waals surface area (Å²) in [7, 11) is 1.59. The molecule has 1 aromatic heterocycles. The van der Waals surface area contributed by atoms with Gasteiger partial charge in [0.05, 0.1) is 23.5 Å². The standard InChI is InChI=1S/C25H28N4O3/c1-16(26)25(18(3)27-19-10-6-5-7-11-19)29(4)23(30)15-32-24(31)14-21-17(2)28-22-13-9-8-12-20(21)22/h5-13,28H,14-15,26H2,1-4H3. The van der Waals surface area contributed by atoms with Crippen LogP contribution in [0.5, 0.6) is 0 Å². The second-order valence-electron chi connectivity index (χ2n) is 7.63. The number of carbonyl (C=O) groups is 2. The predicted molar refractivity (Wildman–Crippen MR) is 127 cm³/mol. The molecule has 0 aliphatic heterocycles. The Morgan fingerprint density at radius 2 is 1.72 bits per heavy atom. The van der Waals surface area contributed by atoms with E-state index in [9.17, 15) is 9.59 Å². The summed E-state index contributed by atoms with van der Waals surface area (Å²) in [6.45, 7) is 5.02. The zero-order valence-corrected chi connectivity index (χ0v) is 18.8. The number of nitrogens with one attached hydrogen (secondary N) is 1. The van der Waals surface area contributed by atoms with Gasteiger partial charge < -0.3 is 20.4 Å². The maximum atomic E-state index is 12.7. The summed E-state index contributed by atoms with van der Waals surface area (Å²) < 4.78 is 5.28. The van der Waals surface area contributed by atoms with Gasteiger partial charge in [0.25, 0.3) is 5.91 Å². The summed E-state index contributed by atoms with van der Waals surface area (Å²) >= 11 is 0. The summed E-state index contributed by atoms with van der Waals surface area (Å²) in [5.41, 5.74) is 11.1. The number of aromatic amines is 1. The Bertz CT molecular complexity index is 1190. The summed E-state index contributed by atoms with van der Waals surface area (Å²) in [6.07, 6.45) is 0.0833. The molecule has 2 aromatic carbocycles. The summed E-state index contributed by atoms with van der Waals surface area (Å²) in [4.78, 5) is 34.4. The van der Waals surface area contributed by atoms with Crippen LogP contribution in [0.1, 0.15) is 25.1 Å². The number of H-pyrrole nitrogens is 1. The number of aryl methyl sites for hydroxylation is 1. The molecule has 7 heteroatoms. The Hall–Kier alpha value is -3.87. The van der Waals surface area contributed by atoms with Gasteiger partial charge in [-0.3, -0.25) is 14.6 Å². The molecule has 0 aliphatic rings. The Morgan fingerprint density at radius 3 is 2.41 bits per heavy atom. The number of hydrogen-bond donors (Lipinski definition) is 2. The molecular formula is C25H28N4O3. The Kier molecular flexibility index (Phi) is 7.10. The Labute approximate surface area is 187 Å². The van der Waals surface area contributed by atoms with Crippen LogP contribution in [0, 0.1) is 6.92 Å². The lowest BCUT2D eigenvalue weighted by atomic mass is 10.1. The lowest BCUT2D eigenvalue weighted by molar-refractivity contribution is -0.150. The zero-order chi connectivity index (χ0) is 23.3. The van der Waals surface area contributed by atoms with E-state index in [0.29, 0.717) is 17.1 Å². The van der Waals surface area contributed by atoms with Crippen LogP contribution in [0.3, 0.4) is 0 Å². The van der Waals surface area contributed by atoms with Crippen molar-refractivity contribution in [2.45, 2.75) is 27.2 Å². The van der Waals surface area contributed by atoms with Gasteiger partial charge in [-0.2, -0.15) is 0 Å². The molecule has 1 amide bonds. The number of fused-ring (bicyclic) bond motifs is 1. The number of carbonyl (C=O) groups excluding carboxylic acids is 2. The highest BCUT2D eigenvalue weighted by Crippen LogP contribution is 2.22. The molecule has 3 N–H and O–H groups in total. The molecule has 0 unspecified atom stereocenters. The van der Waals surface area contributed by atoms with Crippen LogP contribution in [0.15, 0.2) is 71.0 Å². The highest BCUT2D eigenvalue weighted by molar-refractivity contribution is 6.03. The molecule has 1 heterocycles. The van der Waals surface area contributed by atoms with Crippen LogP contribution in [0.2, 0.25) is 0 Å². The highest BCUT2D eigenvalue weighted by atomic mass is 16.5. The number of esters is 1. The largest absolute Gasteiger partial charge is 0.455 e. The van der Waals surface area contributed by atoms with Crippen LogP contribution in [0.4, 0.5) is 5.69 Å². The fourth-order valence-corrected chi connectivity index (χ4v) is 3.66. The van der Waals surface area contributed by atoms with Gasteiger partial charge in [-0.25, -0.2) is 0 Å². The number of amides is 1. The van der Waals surface area contributed by atoms with Crippen LogP contribution in [-0.4, -0.2) is 41.1 Å². The minimum atomic E-state index is -0.468. The van der Waals surface area contributed by atoms with Gasteiger partial charge >= 0.3 is 5.97 Å². The molecule has 0 fully saturated rings. The number of aliphatic imine (C=N–C) groups is 1. The number of ether oxygens (including phenoxy) is 1. The average Bonchev–Trinajstić information content (AvgIpc) is 3.07. The third-order valence-electron chi connectivity index (χ3n) is 5.18. The number of allylic oxidation sites excluding steroid dienone is 2. The number of aromatic nitrogens is 1. The number of rotatable bonds is 7. The van der Waals surface area contributed by atoms with Crippen LogP contribution in [-0.2, 0) is 20.7 Å². The first kappa shape index (κ1) is 22.8. The lowest BCUT2D eigenvalue weighted by Gasteiger charge is -2.22. The number of nitrogens with zero attached hydrogens (tertiary/aromatic N) is 2. The molecular weight excluding hydrogens is 404 g/mol. The SMILES string of the molecule is CC(=Nc1ccccc1)C(=C(C)N)N(C)C(=O)COC(=O)Cc1c(C)[nH]c2ccccc12. The lowest BCUT2D eigenvalue weighted by Crippen LogP contribution is -2.35. The van der Waals surface area contributed by atoms with E-state index in [1.54, 1.807) is 20.9 Å². The molecule has 0 bridgehead atoms. The van der Waals surface area contributed by atoms with Gasteiger partial charge in [0.1, 0.15) is 0 Å². The van der Waals surface area contributed by atoms with Crippen molar-refractivity contribution in [2.24, 2.45) is 10.7 Å². The van der Waals surface area contributed by atoms with Crippen LogP contribution >= 0.6 is 0 Å². The van der Waals surface area contributed by atoms with Gasteiger partial charge in [-0.1, -0.05) is 36.4 Å². The van der Waals surface area contributed by atoms with E-state index >= 15 is 0 Å². The Balaban J connectivity index is 1.66. The second kappa shape index (κ2) is 9.96. The number of hydrogen-bond acceptors (Lipinski definition) is 5. The fourth-order valence-electron chi connectivity index (χ4n) is 3.66. The molecule has 0 saturated carbocycles. The number of nitrogens with two attached hydrogens (primary N) is 1. The molecule has 7 nitrogen and oxygen atoms in total. The fraction of sp³-hybridized carbons (Fsp3) is 0.240. The molecule has 32 heavy (non-hydrogen) atoms. The maximum Gasteiger partial charge on any atom is 0.310 e. The quantitative estimate of drug-likeness (QED) is 0.435. The first-order valence-corrected chi connectivity index (χ1v) is 10.3. The van der Waals surface area contributed by atoms with E-state index in [1.807, 2.05) is 61.5 Å². The van der Waals surface area contributed by atoms with Gasteiger partial charge in [-0.05, 0) is 44.5 Å².